The van der Waals surface area contributed by atoms with E-state index in [1.165, 1.54) is 11.1 Å². The summed E-state index contributed by atoms with van der Waals surface area (Å²) in [6.07, 6.45) is 1.74. The van der Waals surface area contributed by atoms with Crippen LogP contribution in [0, 0.1) is 0 Å². The number of piperidine rings is 1. The van der Waals surface area contributed by atoms with E-state index in [2.05, 4.69) is 72.5 Å². The predicted octanol–water partition coefficient (Wildman–Crippen LogP) is 3.82. The summed E-state index contributed by atoms with van der Waals surface area (Å²) in [5, 5.41) is 10.6. The summed E-state index contributed by atoms with van der Waals surface area (Å²) >= 11 is 0. The highest BCUT2D eigenvalue weighted by Gasteiger charge is 2.34. The number of rotatable bonds is 4. The second-order valence-corrected chi connectivity index (χ2v) is 6.36. The molecule has 1 heterocycles. The van der Waals surface area contributed by atoms with Crippen LogP contribution in [-0.2, 0) is 6.54 Å². The molecule has 0 spiro atoms. The zero-order valence-corrected chi connectivity index (χ0v) is 13.2. The number of hydrogen-bond acceptors (Lipinski definition) is 2. The van der Waals surface area contributed by atoms with Gasteiger partial charge in [0.05, 0.1) is 6.10 Å². The van der Waals surface area contributed by atoms with E-state index in [-0.39, 0.29) is 12.1 Å². The van der Waals surface area contributed by atoms with Crippen LogP contribution >= 0.6 is 0 Å². The first-order valence-electron chi connectivity index (χ1n) is 8.26. The maximum Gasteiger partial charge on any atom is 0.0701 e. The molecule has 1 saturated heterocycles. The molecule has 2 nitrogen and oxygen atoms in total. The van der Waals surface area contributed by atoms with Crippen molar-refractivity contribution < 1.29 is 5.11 Å². The number of aliphatic hydroxyl groups is 1. The number of benzene rings is 2. The van der Waals surface area contributed by atoms with Gasteiger partial charge >= 0.3 is 0 Å². The van der Waals surface area contributed by atoms with Gasteiger partial charge in [0.15, 0.2) is 0 Å². The Morgan fingerprint density at radius 2 is 1.68 bits per heavy atom. The Bertz CT molecular complexity index is 569. The Labute approximate surface area is 133 Å². The topological polar surface area (TPSA) is 23.5 Å². The van der Waals surface area contributed by atoms with Gasteiger partial charge in [0.1, 0.15) is 0 Å². The zero-order valence-electron chi connectivity index (χ0n) is 13.2. The monoisotopic (exact) mass is 295 g/mol. The molecule has 3 atom stereocenters. The summed E-state index contributed by atoms with van der Waals surface area (Å²) in [6, 6.07) is 21.3. The summed E-state index contributed by atoms with van der Waals surface area (Å²) in [6.45, 7) is 4.22. The number of likely N-dealkylation sites (tertiary alicyclic amines) is 1. The molecule has 2 aromatic carbocycles. The van der Waals surface area contributed by atoms with Gasteiger partial charge in [0.25, 0.3) is 0 Å². The summed E-state index contributed by atoms with van der Waals surface area (Å²) in [5.41, 5.74) is 2.63. The molecule has 3 rings (SSSR count). The number of nitrogens with zero attached hydrogens (tertiary/aromatic N) is 1. The van der Waals surface area contributed by atoms with Gasteiger partial charge in [-0.15, -0.1) is 0 Å². The van der Waals surface area contributed by atoms with Crippen LogP contribution in [0.25, 0.3) is 0 Å². The minimum absolute atomic E-state index is 0.191. The third kappa shape index (κ3) is 3.40. The fourth-order valence-electron chi connectivity index (χ4n) is 3.67. The van der Waals surface area contributed by atoms with Crippen molar-refractivity contribution in [2.24, 2.45) is 0 Å². The van der Waals surface area contributed by atoms with Crippen molar-refractivity contribution in [1.82, 2.24) is 4.90 Å². The number of hydrogen-bond donors (Lipinski definition) is 1. The smallest absolute Gasteiger partial charge is 0.0701 e. The third-order valence-corrected chi connectivity index (χ3v) is 4.83. The minimum Gasteiger partial charge on any atom is -0.391 e. The fraction of sp³-hybridized carbons (Fsp3) is 0.400. The van der Waals surface area contributed by atoms with Crippen molar-refractivity contribution in [3.63, 3.8) is 0 Å². The van der Waals surface area contributed by atoms with Crippen molar-refractivity contribution in [2.75, 3.05) is 6.54 Å². The lowest BCUT2D eigenvalue weighted by molar-refractivity contribution is -0.00438. The predicted molar refractivity (Wildman–Crippen MR) is 90.7 cm³/mol. The van der Waals surface area contributed by atoms with Crippen LogP contribution in [0.15, 0.2) is 60.7 Å². The highest BCUT2D eigenvalue weighted by molar-refractivity contribution is 5.22. The molecule has 2 aromatic rings. The van der Waals surface area contributed by atoms with Crippen molar-refractivity contribution in [3.05, 3.63) is 71.8 Å². The second kappa shape index (κ2) is 7.08. The molecule has 0 amide bonds. The van der Waals surface area contributed by atoms with Crippen LogP contribution < -0.4 is 0 Å². The van der Waals surface area contributed by atoms with E-state index in [9.17, 15) is 5.11 Å². The lowest BCUT2D eigenvalue weighted by Crippen LogP contribution is -2.50. The van der Waals surface area contributed by atoms with Crippen LogP contribution in [0.2, 0.25) is 0 Å². The van der Waals surface area contributed by atoms with Gasteiger partial charge < -0.3 is 5.11 Å². The van der Waals surface area contributed by atoms with E-state index in [0.29, 0.717) is 5.92 Å². The summed E-state index contributed by atoms with van der Waals surface area (Å²) < 4.78 is 0. The van der Waals surface area contributed by atoms with Crippen LogP contribution in [0.1, 0.15) is 36.8 Å². The SMILES string of the molecule is CC(c1ccccc1)[C@@H]1[C@H](O)CCCN1Cc1ccccc1. The molecule has 1 aliphatic heterocycles. The Morgan fingerprint density at radius 1 is 1.05 bits per heavy atom. The molecule has 1 fully saturated rings. The Hall–Kier alpha value is -1.64. The maximum absolute atomic E-state index is 10.6. The van der Waals surface area contributed by atoms with Gasteiger partial charge in [-0.1, -0.05) is 67.6 Å². The van der Waals surface area contributed by atoms with E-state index < -0.39 is 0 Å². The molecule has 1 N–H and O–H groups in total. The first kappa shape index (κ1) is 15.3. The van der Waals surface area contributed by atoms with Gasteiger partial charge in [0, 0.05) is 12.6 Å². The van der Waals surface area contributed by atoms with Crippen molar-refractivity contribution in [2.45, 2.75) is 44.4 Å². The molecule has 2 heteroatoms. The Morgan fingerprint density at radius 3 is 2.36 bits per heavy atom. The first-order chi connectivity index (χ1) is 10.8. The standard InChI is InChI=1S/C20H25NO/c1-16(18-11-6-3-7-12-18)20-19(22)13-8-14-21(20)15-17-9-4-2-5-10-17/h2-7,9-12,16,19-20,22H,8,13-15H2,1H3/t16?,19-,20-/m1/s1. The van der Waals surface area contributed by atoms with Gasteiger partial charge in [-0.3, -0.25) is 4.90 Å². The van der Waals surface area contributed by atoms with Crippen LogP contribution in [0.5, 0.6) is 0 Å². The maximum atomic E-state index is 10.6. The van der Waals surface area contributed by atoms with E-state index >= 15 is 0 Å². The summed E-state index contributed by atoms with van der Waals surface area (Å²) in [7, 11) is 0. The largest absolute Gasteiger partial charge is 0.391 e. The lowest BCUT2D eigenvalue weighted by atomic mass is 9.84. The molecule has 116 valence electrons. The highest BCUT2D eigenvalue weighted by atomic mass is 16.3. The van der Waals surface area contributed by atoms with Gasteiger partial charge in [-0.25, -0.2) is 0 Å². The fourth-order valence-corrected chi connectivity index (χ4v) is 3.67. The molecule has 0 bridgehead atoms. The molecule has 0 radical (unpaired) electrons. The highest BCUT2D eigenvalue weighted by Crippen LogP contribution is 2.31. The van der Waals surface area contributed by atoms with Gasteiger partial charge in [-0.2, -0.15) is 0 Å². The van der Waals surface area contributed by atoms with E-state index in [4.69, 9.17) is 0 Å². The molecule has 22 heavy (non-hydrogen) atoms. The van der Waals surface area contributed by atoms with E-state index in [1.54, 1.807) is 0 Å². The molecule has 0 aliphatic carbocycles. The van der Waals surface area contributed by atoms with E-state index in [1.807, 2.05) is 0 Å². The third-order valence-electron chi connectivity index (χ3n) is 4.83. The van der Waals surface area contributed by atoms with E-state index in [0.717, 1.165) is 25.9 Å². The molecule has 0 aromatic heterocycles. The number of aliphatic hydroxyl groups excluding tert-OH is 1. The van der Waals surface area contributed by atoms with Crippen LogP contribution in [0.4, 0.5) is 0 Å². The van der Waals surface area contributed by atoms with Gasteiger partial charge in [-0.05, 0) is 36.4 Å². The van der Waals surface area contributed by atoms with Gasteiger partial charge in [0.2, 0.25) is 0 Å². The molecule has 0 saturated carbocycles. The first-order valence-corrected chi connectivity index (χ1v) is 8.26. The minimum atomic E-state index is -0.243. The molecular formula is C20H25NO. The average molecular weight is 295 g/mol. The van der Waals surface area contributed by atoms with Crippen LogP contribution in [0.3, 0.4) is 0 Å². The summed E-state index contributed by atoms with van der Waals surface area (Å²) in [4.78, 5) is 2.46. The Balaban J connectivity index is 1.81. The van der Waals surface area contributed by atoms with Crippen molar-refractivity contribution in [3.8, 4) is 0 Å². The zero-order chi connectivity index (χ0) is 15.4. The van der Waals surface area contributed by atoms with Crippen LogP contribution in [-0.4, -0.2) is 28.7 Å². The molecule has 1 aliphatic rings. The van der Waals surface area contributed by atoms with Crippen molar-refractivity contribution >= 4 is 0 Å². The normalized spacial score (nSPS) is 24.1. The molecular weight excluding hydrogens is 270 g/mol. The Kier molecular flexibility index (Phi) is 4.91. The van der Waals surface area contributed by atoms with Crippen molar-refractivity contribution in [1.29, 1.82) is 0 Å². The second-order valence-electron chi connectivity index (χ2n) is 6.36. The quantitative estimate of drug-likeness (QED) is 0.927. The molecule has 1 unspecified atom stereocenters. The summed E-state index contributed by atoms with van der Waals surface area (Å²) in [5.74, 6) is 0.334. The average Bonchev–Trinajstić information content (AvgIpc) is 2.56. The lowest BCUT2D eigenvalue weighted by Gasteiger charge is -2.42.